The molecule has 20 heavy (non-hydrogen) atoms. The van der Waals surface area contributed by atoms with E-state index in [1.165, 1.54) is 19.2 Å². The molecule has 0 fully saturated rings. The Morgan fingerprint density at radius 2 is 2.00 bits per heavy atom. The fourth-order valence-electron chi connectivity index (χ4n) is 1.41. The largest absolute Gasteiger partial charge is 0.466 e. The molecule has 0 aliphatic carbocycles. The number of hydrogen-bond donors (Lipinski definition) is 2. The maximum atomic E-state index is 12.2. The highest BCUT2D eigenvalue weighted by atomic mass is 32.2. The molecule has 0 saturated carbocycles. The van der Waals surface area contributed by atoms with Crippen molar-refractivity contribution in [2.24, 2.45) is 0 Å². The third-order valence-electron chi connectivity index (χ3n) is 2.26. The minimum absolute atomic E-state index is 0.135. The van der Waals surface area contributed by atoms with Gasteiger partial charge in [0, 0.05) is 11.4 Å². The number of methoxy groups -OCH3 is 1. The standard InChI is InChI=1S/C11H11F3N4OS/c1-19-10-16-9(17-18-10)15-6-7-2-4-8(5-3-7)20-11(12,13)14/h2-5H,6H2,1H3,(H2,15,16,17,18). The average molecular weight is 304 g/mol. The summed E-state index contributed by atoms with van der Waals surface area (Å²) in [4.78, 5) is 4.11. The van der Waals surface area contributed by atoms with E-state index >= 15 is 0 Å². The van der Waals surface area contributed by atoms with Gasteiger partial charge in [0.1, 0.15) is 0 Å². The summed E-state index contributed by atoms with van der Waals surface area (Å²) in [5.74, 6) is 0.426. The summed E-state index contributed by atoms with van der Waals surface area (Å²) in [6.07, 6.45) is 0. The van der Waals surface area contributed by atoms with Gasteiger partial charge in [0.25, 0.3) is 0 Å². The maximum absolute atomic E-state index is 12.2. The lowest BCUT2D eigenvalue weighted by Gasteiger charge is -2.07. The van der Waals surface area contributed by atoms with Crippen molar-refractivity contribution in [1.29, 1.82) is 0 Å². The van der Waals surface area contributed by atoms with E-state index in [9.17, 15) is 13.2 Å². The highest BCUT2D eigenvalue weighted by molar-refractivity contribution is 8.00. The highest BCUT2D eigenvalue weighted by Gasteiger charge is 2.28. The molecule has 2 aromatic rings. The number of halogens is 3. The Kier molecular flexibility index (Phi) is 4.38. The first kappa shape index (κ1) is 14.5. The van der Waals surface area contributed by atoms with Gasteiger partial charge in [0.15, 0.2) is 0 Å². The molecule has 1 heterocycles. The predicted octanol–water partition coefficient (Wildman–Crippen LogP) is 3.04. The number of nitrogens with one attached hydrogen (secondary N) is 2. The van der Waals surface area contributed by atoms with Crippen molar-refractivity contribution in [3.8, 4) is 6.01 Å². The molecule has 0 saturated heterocycles. The zero-order valence-corrected chi connectivity index (χ0v) is 11.2. The Balaban J connectivity index is 1.90. The minimum atomic E-state index is -4.27. The third kappa shape index (κ3) is 4.34. The fourth-order valence-corrected chi connectivity index (χ4v) is 1.95. The Morgan fingerprint density at radius 3 is 2.55 bits per heavy atom. The number of ether oxygens (including phenoxy) is 1. The first-order chi connectivity index (χ1) is 9.46. The summed E-state index contributed by atoms with van der Waals surface area (Å²) < 4.78 is 41.3. The Bertz CT molecular complexity index is 556. The van der Waals surface area contributed by atoms with Crippen LogP contribution in [-0.2, 0) is 6.54 Å². The smallest absolute Gasteiger partial charge is 0.446 e. The molecule has 0 unspecified atom stereocenters. The van der Waals surface area contributed by atoms with E-state index in [1.54, 1.807) is 12.1 Å². The van der Waals surface area contributed by atoms with Gasteiger partial charge in [-0.15, -0.1) is 5.10 Å². The van der Waals surface area contributed by atoms with Crippen molar-refractivity contribution < 1.29 is 17.9 Å². The number of anilines is 1. The van der Waals surface area contributed by atoms with Gasteiger partial charge < -0.3 is 10.1 Å². The van der Waals surface area contributed by atoms with Gasteiger partial charge in [-0.2, -0.15) is 18.2 Å². The van der Waals surface area contributed by atoms with Crippen molar-refractivity contribution >= 4 is 17.7 Å². The molecular weight excluding hydrogens is 293 g/mol. The van der Waals surface area contributed by atoms with Crippen LogP contribution in [0.3, 0.4) is 0 Å². The number of nitrogens with zero attached hydrogens (tertiary/aromatic N) is 2. The van der Waals surface area contributed by atoms with Crippen LogP contribution in [-0.4, -0.2) is 27.8 Å². The summed E-state index contributed by atoms with van der Waals surface area (Å²) in [7, 11) is 1.45. The number of alkyl halides is 3. The van der Waals surface area contributed by atoms with Crippen molar-refractivity contribution in [2.45, 2.75) is 16.9 Å². The molecule has 2 rings (SSSR count). The summed E-state index contributed by atoms with van der Waals surface area (Å²) in [6.45, 7) is 0.412. The number of H-pyrrole nitrogens is 1. The van der Waals surface area contributed by atoms with Crippen LogP contribution in [0.15, 0.2) is 29.2 Å². The van der Waals surface area contributed by atoms with Crippen LogP contribution in [0.25, 0.3) is 0 Å². The second kappa shape index (κ2) is 6.04. The quantitative estimate of drug-likeness (QED) is 0.831. The Labute approximate surface area is 116 Å². The molecule has 1 aromatic carbocycles. The SMILES string of the molecule is COc1n[nH]c(NCc2ccc(SC(F)(F)F)cc2)n1. The van der Waals surface area contributed by atoms with Crippen molar-refractivity contribution in [3.63, 3.8) is 0 Å². The Hall–Kier alpha value is -1.90. The van der Waals surface area contributed by atoms with Gasteiger partial charge in [-0.25, -0.2) is 5.10 Å². The zero-order chi connectivity index (χ0) is 14.6. The van der Waals surface area contributed by atoms with Crippen LogP contribution < -0.4 is 10.1 Å². The number of hydrogen-bond acceptors (Lipinski definition) is 5. The van der Waals surface area contributed by atoms with E-state index < -0.39 is 5.51 Å². The first-order valence-electron chi connectivity index (χ1n) is 5.51. The topological polar surface area (TPSA) is 62.8 Å². The molecule has 0 amide bonds. The second-order valence-corrected chi connectivity index (χ2v) is 4.85. The van der Waals surface area contributed by atoms with Crippen molar-refractivity contribution in [1.82, 2.24) is 15.2 Å². The van der Waals surface area contributed by atoms with Crippen LogP contribution in [0, 0.1) is 0 Å². The lowest BCUT2D eigenvalue weighted by molar-refractivity contribution is -0.0328. The molecule has 0 spiro atoms. The molecule has 5 nitrogen and oxygen atoms in total. The molecule has 0 bridgehead atoms. The van der Waals surface area contributed by atoms with E-state index in [1.807, 2.05) is 0 Å². The highest BCUT2D eigenvalue weighted by Crippen LogP contribution is 2.36. The van der Waals surface area contributed by atoms with Gasteiger partial charge in [0.05, 0.1) is 7.11 Å². The van der Waals surface area contributed by atoms with Crippen LogP contribution in [0.1, 0.15) is 5.56 Å². The average Bonchev–Trinajstić information content (AvgIpc) is 2.84. The lowest BCUT2D eigenvalue weighted by atomic mass is 10.2. The van der Waals surface area contributed by atoms with Crippen LogP contribution in [0.4, 0.5) is 19.1 Å². The number of aromatic nitrogens is 3. The minimum Gasteiger partial charge on any atom is -0.466 e. The van der Waals surface area contributed by atoms with E-state index in [0.717, 1.165) is 5.56 Å². The Morgan fingerprint density at radius 1 is 1.30 bits per heavy atom. The van der Waals surface area contributed by atoms with Gasteiger partial charge >= 0.3 is 11.5 Å². The summed E-state index contributed by atoms with van der Waals surface area (Å²) >= 11 is -0.135. The van der Waals surface area contributed by atoms with E-state index in [4.69, 9.17) is 4.74 Å². The number of rotatable bonds is 5. The molecule has 0 atom stereocenters. The number of benzene rings is 1. The lowest BCUT2D eigenvalue weighted by Crippen LogP contribution is -2.02. The van der Waals surface area contributed by atoms with E-state index in [-0.39, 0.29) is 22.7 Å². The third-order valence-corrected chi connectivity index (χ3v) is 3.00. The van der Waals surface area contributed by atoms with Crippen LogP contribution in [0.5, 0.6) is 6.01 Å². The van der Waals surface area contributed by atoms with Crippen molar-refractivity contribution in [2.75, 3.05) is 12.4 Å². The molecule has 2 N–H and O–H groups in total. The molecular formula is C11H11F3N4OS. The van der Waals surface area contributed by atoms with Crippen LogP contribution in [0.2, 0.25) is 0 Å². The first-order valence-corrected chi connectivity index (χ1v) is 6.33. The molecule has 108 valence electrons. The monoisotopic (exact) mass is 304 g/mol. The number of aromatic amines is 1. The van der Waals surface area contributed by atoms with Gasteiger partial charge in [-0.3, -0.25) is 0 Å². The van der Waals surface area contributed by atoms with Gasteiger partial charge in [-0.05, 0) is 29.5 Å². The normalized spacial score (nSPS) is 11.4. The second-order valence-electron chi connectivity index (χ2n) is 3.72. The fraction of sp³-hybridized carbons (Fsp3) is 0.273. The molecule has 9 heteroatoms. The molecule has 0 aliphatic heterocycles. The van der Waals surface area contributed by atoms with E-state index in [2.05, 4.69) is 20.5 Å². The van der Waals surface area contributed by atoms with Gasteiger partial charge in [-0.1, -0.05) is 12.1 Å². The molecule has 0 radical (unpaired) electrons. The van der Waals surface area contributed by atoms with E-state index in [0.29, 0.717) is 12.5 Å². The van der Waals surface area contributed by atoms with Crippen LogP contribution >= 0.6 is 11.8 Å². The molecule has 1 aromatic heterocycles. The maximum Gasteiger partial charge on any atom is 0.446 e. The molecule has 0 aliphatic rings. The number of thioether (sulfide) groups is 1. The van der Waals surface area contributed by atoms with Gasteiger partial charge in [0.2, 0.25) is 5.95 Å². The zero-order valence-electron chi connectivity index (χ0n) is 10.4. The predicted molar refractivity (Wildman–Crippen MR) is 68.6 cm³/mol. The summed E-state index contributed by atoms with van der Waals surface area (Å²) in [6, 6.07) is 6.31. The summed E-state index contributed by atoms with van der Waals surface area (Å²) in [5.41, 5.74) is -3.44. The summed E-state index contributed by atoms with van der Waals surface area (Å²) in [5, 5.41) is 9.32. The van der Waals surface area contributed by atoms with Crippen molar-refractivity contribution in [3.05, 3.63) is 29.8 Å².